The largest absolute Gasteiger partial charge is 0.497 e. The van der Waals surface area contributed by atoms with Crippen LogP contribution in [0.1, 0.15) is 5.76 Å². The summed E-state index contributed by atoms with van der Waals surface area (Å²) in [4.78, 5) is 11.8. The Balaban J connectivity index is 1.95. The fourth-order valence-corrected chi connectivity index (χ4v) is 1.64. The summed E-state index contributed by atoms with van der Waals surface area (Å²) in [6.07, 6.45) is 0. The number of aryl methyl sites for hydroxylation is 1. The van der Waals surface area contributed by atoms with Gasteiger partial charge in [0.1, 0.15) is 17.3 Å². The summed E-state index contributed by atoms with van der Waals surface area (Å²) < 4.78 is 20.3. The van der Waals surface area contributed by atoms with Gasteiger partial charge in [0.25, 0.3) is 11.8 Å². The monoisotopic (exact) mass is 292 g/mol. The Morgan fingerprint density at radius 2 is 2.10 bits per heavy atom. The van der Waals surface area contributed by atoms with E-state index in [1.807, 2.05) is 0 Å². The van der Waals surface area contributed by atoms with Crippen LogP contribution in [0.25, 0.3) is 0 Å². The lowest BCUT2D eigenvalue weighted by Crippen LogP contribution is -2.20. The van der Waals surface area contributed by atoms with E-state index in [2.05, 4.69) is 10.5 Å². The van der Waals surface area contributed by atoms with Crippen LogP contribution < -0.4 is 19.5 Å². The number of rotatable bonds is 6. The van der Waals surface area contributed by atoms with Crippen LogP contribution >= 0.6 is 0 Å². The Morgan fingerprint density at radius 3 is 2.71 bits per heavy atom. The van der Waals surface area contributed by atoms with Gasteiger partial charge in [-0.05, 0) is 24.2 Å². The molecule has 0 saturated heterocycles. The standard InChI is InChI=1S/C14H16N2O5/c1-9-6-14(16-21-9)20-8-13(17)15-11-5-4-10(18-2)7-12(11)19-3/h4-7H,8H2,1-3H3,(H,15,17). The van der Waals surface area contributed by atoms with Crippen LogP contribution in [0.2, 0.25) is 0 Å². The predicted octanol–water partition coefficient (Wildman–Crippen LogP) is 2.02. The molecule has 0 atom stereocenters. The molecule has 21 heavy (non-hydrogen) atoms. The molecule has 0 saturated carbocycles. The molecule has 0 aliphatic carbocycles. The number of benzene rings is 1. The highest BCUT2D eigenvalue weighted by atomic mass is 16.5. The highest BCUT2D eigenvalue weighted by molar-refractivity contribution is 5.93. The number of nitrogens with zero attached hydrogens (tertiary/aromatic N) is 1. The Morgan fingerprint density at radius 1 is 1.29 bits per heavy atom. The summed E-state index contributed by atoms with van der Waals surface area (Å²) >= 11 is 0. The van der Waals surface area contributed by atoms with E-state index in [0.717, 1.165) is 0 Å². The lowest BCUT2D eigenvalue weighted by Gasteiger charge is -2.11. The number of carbonyl (C=O) groups is 1. The van der Waals surface area contributed by atoms with Gasteiger partial charge in [-0.1, -0.05) is 0 Å². The molecule has 2 rings (SSSR count). The molecule has 0 fully saturated rings. The summed E-state index contributed by atoms with van der Waals surface area (Å²) in [6, 6.07) is 6.69. The van der Waals surface area contributed by atoms with E-state index in [9.17, 15) is 4.79 Å². The zero-order chi connectivity index (χ0) is 15.2. The van der Waals surface area contributed by atoms with Crippen molar-refractivity contribution in [3.63, 3.8) is 0 Å². The van der Waals surface area contributed by atoms with Gasteiger partial charge in [0.2, 0.25) is 0 Å². The van der Waals surface area contributed by atoms with Gasteiger partial charge < -0.3 is 24.1 Å². The first-order valence-corrected chi connectivity index (χ1v) is 6.20. The molecule has 2 aromatic rings. The Labute approximate surface area is 121 Å². The zero-order valence-corrected chi connectivity index (χ0v) is 12.0. The summed E-state index contributed by atoms with van der Waals surface area (Å²) in [5.41, 5.74) is 0.531. The highest BCUT2D eigenvalue weighted by Gasteiger charge is 2.10. The summed E-state index contributed by atoms with van der Waals surface area (Å²) in [6.45, 7) is 1.56. The molecule has 112 valence electrons. The maximum Gasteiger partial charge on any atom is 0.262 e. The van der Waals surface area contributed by atoms with Crippen LogP contribution in [0.15, 0.2) is 28.8 Å². The number of amides is 1. The maximum atomic E-state index is 11.8. The van der Waals surface area contributed by atoms with Crippen molar-refractivity contribution in [2.24, 2.45) is 0 Å². The third-order valence-electron chi connectivity index (χ3n) is 2.64. The second kappa shape index (κ2) is 6.65. The van der Waals surface area contributed by atoms with Gasteiger partial charge >= 0.3 is 0 Å². The molecule has 1 N–H and O–H groups in total. The van der Waals surface area contributed by atoms with Crippen molar-refractivity contribution in [2.75, 3.05) is 26.1 Å². The molecule has 0 radical (unpaired) electrons. The average Bonchev–Trinajstić information content (AvgIpc) is 2.91. The number of hydrogen-bond acceptors (Lipinski definition) is 6. The smallest absolute Gasteiger partial charge is 0.262 e. The van der Waals surface area contributed by atoms with Gasteiger partial charge in [0.15, 0.2) is 6.61 Å². The topological polar surface area (TPSA) is 82.8 Å². The van der Waals surface area contributed by atoms with E-state index in [-0.39, 0.29) is 18.4 Å². The number of methoxy groups -OCH3 is 2. The van der Waals surface area contributed by atoms with E-state index in [0.29, 0.717) is 22.9 Å². The molecule has 1 amide bonds. The van der Waals surface area contributed by atoms with Crippen molar-refractivity contribution in [3.05, 3.63) is 30.0 Å². The SMILES string of the molecule is COc1ccc(NC(=O)COc2cc(C)on2)c(OC)c1. The summed E-state index contributed by atoms with van der Waals surface area (Å²) in [7, 11) is 3.07. The van der Waals surface area contributed by atoms with Crippen molar-refractivity contribution in [1.82, 2.24) is 5.16 Å². The predicted molar refractivity (Wildman–Crippen MR) is 74.9 cm³/mol. The van der Waals surface area contributed by atoms with Crippen LogP contribution in [0.4, 0.5) is 5.69 Å². The van der Waals surface area contributed by atoms with Crippen molar-refractivity contribution < 1.29 is 23.5 Å². The summed E-state index contributed by atoms with van der Waals surface area (Å²) in [5.74, 6) is 1.69. The summed E-state index contributed by atoms with van der Waals surface area (Å²) in [5, 5.41) is 6.32. The molecule has 7 heteroatoms. The van der Waals surface area contributed by atoms with Crippen LogP contribution in [0.5, 0.6) is 17.4 Å². The normalized spacial score (nSPS) is 10.0. The minimum absolute atomic E-state index is 0.179. The van der Waals surface area contributed by atoms with Gasteiger partial charge in [-0.3, -0.25) is 4.79 Å². The van der Waals surface area contributed by atoms with Crippen LogP contribution in [-0.2, 0) is 4.79 Å². The average molecular weight is 292 g/mol. The second-order valence-electron chi connectivity index (χ2n) is 4.18. The van der Waals surface area contributed by atoms with E-state index in [4.69, 9.17) is 18.7 Å². The van der Waals surface area contributed by atoms with Crippen LogP contribution in [0.3, 0.4) is 0 Å². The van der Waals surface area contributed by atoms with E-state index >= 15 is 0 Å². The van der Waals surface area contributed by atoms with Crippen LogP contribution in [-0.4, -0.2) is 31.9 Å². The number of nitrogens with one attached hydrogen (secondary N) is 1. The third-order valence-corrected chi connectivity index (χ3v) is 2.64. The Hall–Kier alpha value is -2.70. The molecule has 0 bridgehead atoms. The van der Waals surface area contributed by atoms with Crippen molar-refractivity contribution in [2.45, 2.75) is 6.92 Å². The molecule has 1 heterocycles. The third kappa shape index (κ3) is 3.88. The quantitative estimate of drug-likeness (QED) is 0.877. The fourth-order valence-electron chi connectivity index (χ4n) is 1.64. The number of carbonyl (C=O) groups excluding carboxylic acids is 1. The Kier molecular flexibility index (Phi) is 4.65. The van der Waals surface area contributed by atoms with Crippen molar-refractivity contribution in [1.29, 1.82) is 0 Å². The first-order valence-electron chi connectivity index (χ1n) is 6.20. The van der Waals surface area contributed by atoms with E-state index in [1.165, 1.54) is 7.11 Å². The van der Waals surface area contributed by atoms with Gasteiger partial charge in [-0.15, -0.1) is 0 Å². The zero-order valence-electron chi connectivity index (χ0n) is 12.0. The highest BCUT2D eigenvalue weighted by Crippen LogP contribution is 2.28. The van der Waals surface area contributed by atoms with Gasteiger partial charge in [-0.25, -0.2) is 0 Å². The number of ether oxygens (including phenoxy) is 3. The van der Waals surface area contributed by atoms with Gasteiger partial charge in [0, 0.05) is 12.1 Å². The first kappa shape index (κ1) is 14.7. The molecule has 1 aromatic carbocycles. The lowest BCUT2D eigenvalue weighted by atomic mass is 10.2. The second-order valence-corrected chi connectivity index (χ2v) is 4.18. The number of aromatic nitrogens is 1. The minimum Gasteiger partial charge on any atom is -0.497 e. The molecule has 0 aliphatic heterocycles. The lowest BCUT2D eigenvalue weighted by molar-refractivity contribution is -0.118. The van der Waals surface area contributed by atoms with E-state index in [1.54, 1.807) is 38.3 Å². The molecule has 1 aromatic heterocycles. The molecule has 0 spiro atoms. The number of hydrogen-bond donors (Lipinski definition) is 1. The molecule has 7 nitrogen and oxygen atoms in total. The van der Waals surface area contributed by atoms with Crippen molar-refractivity contribution in [3.8, 4) is 17.4 Å². The van der Waals surface area contributed by atoms with E-state index < -0.39 is 0 Å². The molecular weight excluding hydrogens is 276 g/mol. The Bertz CT molecular complexity index is 624. The first-order chi connectivity index (χ1) is 10.1. The van der Waals surface area contributed by atoms with Crippen molar-refractivity contribution >= 4 is 11.6 Å². The minimum atomic E-state index is -0.334. The fraction of sp³-hybridized carbons (Fsp3) is 0.286. The van der Waals surface area contributed by atoms with Gasteiger partial charge in [0.05, 0.1) is 19.9 Å². The molecule has 0 aliphatic rings. The molecule has 0 unspecified atom stereocenters. The number of anilines is 1. The van der Waals surface area contributed by atoms with Gasteiger partial charge in [-0.2, -0.15) is 0 Å². The van der Waals surface area contributed by atoms with Crippen LogP contribution in [0, 0.1) is 6.92 Å². The molecular formula is C14H16N2O5. The maximum absolute atomic E-state index is 11.8.